The van der Waals surface area contributed by atoms with E-state index in [-0.39, 0.29) is 0 Å². The number of halogens is 3. The van der Waals surface area contributed by atoms with Crippen molar-refractivity contribution in [1.82, 2.24) is 4.98 Å². The van der Waals surface area contributed by atoms with E-state index >= 15 is 0 Å². The Labute approximate surface area is 122 Å². The summed E-state index contributed by atoms with van der Waals surface area (Å²) in [5, 5.41) is 0. The van der Waals surface area contributed by atoms with Crippen molar-refractivity contribution < 1.29 is 17.9 Å². The van der Waals surface area contributed by atoms with Crippen LogP contribution in [0.2, 0.25) is 0 Å². The van der Waals surface area contributed by atoms with Crippen LogP contribution in [0.4, 0.5) is 13.2 Å². The third kappa shape index (κ3) is 3.16. The molecular formula is C15H10F3NOS. The lowest BCUT2D eigenvalue weighted by atomic mass is 10.2. The van der Waals surface area contributed by atoms with E-state index in [1.54, 1.807) is 5.51 Å². The molecule has 0 saturated heterocycles. The first-order valence-electron chi connectivity index (χ1n) is 6.14. The number of fused-ring (bicyclic) bond motifs is 1. The molecule has 0 radical (unpaired) electrons. The van der Waals surface area contributed by atoms with Gasteiger partial charge < -0.3 is 4.74 Å². The highest BCUT2D eigenvalue weighted by molar-refractivity contribution is 7.16. The van der Waals surface area contributed by atoms with E-state index in [1.807, 2.05) is 18.2 Å². The number of aromatic nitrogens is 1. The van der Waals surface area contributed by atoms with Crippen LogP contribution < -0.4 is 4.74 Å². The maximum absolute atomic E-state index is 12.4. The number of alkyl halides is 3. The first-order chi connectivity index (χ1) is 10.0. The minimum Gasteiger partial charge on any atom is -0.489 e. The maximum atomic E-state index is 12.4. The average molecular weight is 309 g/mol. The second kappa shape index (κ2) is 5.37. The first kappa shape index (κ1) is 13.9. The zero-order chi connectivity index (χ0) is 14.9. The minimum absolute atomic E-state index is 0.305. The van der Waals surface area contributed by atoms with E-state index in [0.717, 1.165) is 27.9 Å². The lowest BCUT2D eigenvalue weighted by Gasteiger charge is -2.09. The normalized spacial score (nSPS) is 11.8. The molecule has 1 aromatic heterocycles. The van der Waals surface area contributed by atoms with Gasteiger partial charge in [-0.05, 0) is 42.0 Å². The summed E-state index contributed by atoms with van der Waals surface area (Å²) in [4.78, 5) is 4.18. The van der Waals surface area contributed by atoms with Gasteiger partial charge in [-0.1, -0.05) is 6.07 Å². The van der Waals surface area contributed by atoms with Gasteiger partial charge in [-0.2, -0.15) is 13.2 Å². The van der Waals surface area contributed by atoms with Gasteiger partial charge in [0.1, 0.15) is 12.4 Å². The Hall–Kier alpha value is -2.08. The Morgan fingerprint density at radius 1 is 1.05 bits per heavy atom. The Kier molecular flexibility index (Phi) is 3.55. The summed E-state index contributed by atoms with van der Waals surface area (Å²) in [6, 6.07) is 10.5. The van der Waals surface area contributed by atoms with Crippen LogP contribution in [0.3, 0.4) is 0 Å². The molecule has 0 aliphatic rings. The second-order valence-electron chi connectivity index (χ2n) is 4.47. The molecule has 0 spiro atoms. The fourth-order valence-electron chi connectivity index (χ4n) is 1.90. The van der Waals surface area contributed by atoms with Crippen LogP contribution in [0.25, 0.3) is 10.2 Å². The number of hydrogen-bond donors (Lipinski definition) is 0. The van der Waals surface area contributed by atoms with Crippen molar-refractivity contribution in [2.75, 3.05) is 0 Å². The quantitative estimate of drug-likeness (QED) is 0.687. The summed E-state index contributed by atoms with van der Waals surface area (Å²) in [6.45, 7) is 0.305. The molecule has 3 rings (SSSR count). The molecule has 0 amide bonds. The Morgan fingerprint density at radius 3 is 2.52 bits per heavy atom. The Balaban J connectivity index is 1.69. The highest BCUT2D eigenvalue weighted by Crippen LogP contribution is 2.30. The van der Waals surface area contributed by atoms with E-state index in [0.29, 0.717) is 12.4 Å². The molecule has 0 atom stereocenters. The molecule has 0 aliphatic heterocycles. The van der Waals surface area contributed by atoms with E-state index in [9.17, 15) is 13.2 Å². The standard InChI is InChI=1S/C15H10F3NOS/c16-15(17,18)11-2-4-12(5-3-11)20-8-10-1-6-13-14(7-10)21-9-19-13/h1-7,9H,8H2. The summed E-state index contributed by atoms with van der Waals surface area (Å²) in [6.07, 6.45) is -4.32. The first-order valence-corrected chi connectivity index (χ1v) is 7.02. The molecule has 1 heterocycles. The van der Waals surface area contributed by atoms with Gasteiger partial charge in [-0.15, -0.1) is 11.3 Å². The summed E-state index contributed by atoms with van der Waals surface area (Å²) in [5.74, 6) is 0.410. The molecule has 0 unspecified atom stereocenters. The molecule has 108 valence electrons. The van der Waals surface area contributed by atoms with Crippen molar-refractivity contribution >= 4 is 21.6 Å². The highest BCUT2D eigenvalue weighted by Gasteiger charge is 2.29. The van der Waals surface area contributed by atoms with Gasteiger partial charge in [-0.3, -0.25) is 0 Å². The topological polar surface area (TPSA) is 22.1 Å². The predicted octanol–water partition coefficient (Wildman–Crippen LogP) is 4.89. The van der Waals surface area contributed by atoms with Crippen molar-refractivity contribution in [2.45, 2.75) is 12.8 Å². The molecule has 0 aliphatic carbocycles. The SMILES string of the molecule is FC(F)(F)c1ccc(OCc2ccc3ncsc3c2)cc1. The molecule has 0 N–H and O–H groups in total. The third-order valence-electron chi connectivity index (χ3n) is 2.98. The molecule has 2 nitrogen and oxygen atoms in total. The molecule has 3 aromatic rings. The van der Waals surface area contributed by atoms with E-state index < -0.39 is 11.7 Å². The van der Waals surface area contributed by atoms with Gasteiger partial charge in [0.15, 0.2) is 0 Å². The van der Waals surface area contributed by atoms with Crippen LogP contribution in [0.15, 0.2) is 48.0 Å². The summed E-state index contributed by atoms with van der Waals surface area (Å²) >= 11 is 1.54. The van der Waals surface area contributed by atoms with Crippen LogP contribution in [0.1, 0.15) is 11.1 Å². The van der Waals surface area contributed by atoms with Gasteiger partial charge >= 0.3 is 6.18 Å². The number of ether oxygens (including phenoxy) is 1. The van der Waals surface area contributed by atoms with Crippen molar-refractivity contribution in [3.63, 3.8) is 0 Å². The van der Waals surface area contributed by atoms with E-state index in [2.05, 4.69) is 4.98 Å². The molecule has 0 fully saturated rings. The molecule has 21 heavy (non-hydrogen) atoms. The van der Waals surface area contributed by atoms with Gasteiger partial charge in [0, 0.05) is 0 Å². The smallest absolute Gasteiger partial charge is 0.416 e. The zero-order valence-electron chi connectivity index (χ0n) is 10.7. The van der Waals surface area contributed by atoms with E-state index in [1.165, 1.54) is 23.5 Å². The predicted molar refractivity (Wildman–Crippen MR) is 75.4 cm³/mol. The maximum Gasteiger partial charge on any atom is 0.416 e. The Morgan fingerprint density at radius 2 is 1.81 bits per heavy atom. The van der Waals surface area contributed by atoms with E-state index in [4.69, 9.17) is 4.74 Å². The largest absolute Gasteiger partial charge is 0.489 e. The third-order valence-corrected chi connectivity index (χ3v) is 3.77. The van der Waals surface area contributed by atoms with Crippen molar-refractivity contribution in [3.05, 3.63) is 59.1 Å². The minimum atomic E-state index is -4.32. The Bertz CT molecular complexity index is 749. The molecule has 0 bridgehead atoms. The van der Waals surface area contributed by atoms with Crippen molar-refractivity contribution in [2.24, 2.45) is 0 Å². The molecule has 0 saturated carbocycles. The van der Waals surface area contributed by atoms with Crippen molar-refractivity contribution in [3.8, 4) is 5.75 Å². The number of hydrogen-bond acceptors (Lipinski definition) is 3. The summed E-state index contributed by atoms with van der Waals surface area (Å²) < 4.78 is 43.9. The fraction of sp³-hybridized carbons (Fsp3) is 0.133. The molecular weight excluding hydrogens is 299 g/mol. The highest BCUT2D eigenvalue weighted by atomic mass is 32.1. The summed E-state index contributed by atoms with van der Waals surface area (Å²) in [5.41, 5.74) is 2.97. The monoisotopic (exact) mass is 309 g/mol. The van der Waals surface area contributed by atoms with Gasteiger partial charge in [0.05, 0.1) is 21.3 Å². The summed E-state index contributed by atoms with van der Waals surface area (Å²) in [7, 11) is 0. The number of benzene rings is 2. The lowest BCUT2D eigenvalue weighted by molar-refractivity contribution is -0.137. The van der Waals surface area contributed by atoms with Gasteiger partial charge in [-0.25, -0.2) is 4.98 Å². The van der Waals surface area contributed by atoms with Gasteiger partial charge in [0.25, 0.3) is 0 Å². The van der Waals surface area contributed by atoms with Crippen LogP contribution >= 0.6 is 11.3 Å². The van der Waals surface area contributed by atoms with Crippen LogP contribution in [0.5, 0.6) is 5.75 Å². The van der Waals surface area contributed by atoms with Gasteiger partial charge in [0.2, 0.25) is 0 Å². The number of rotatable bonds is 3. The van der Waals surface area contributed by atoms with Crippen molar-refractivity contribution in [1.29, 1.82) is 0 Å². The second-order valence-corrected chi connectivity index (χ2v) is 5.35. The number of nitrogens with zero attached hydrogens (tertiary/aromatic N) is 1. The van der Waals surface area contributed by atoms with Crippen LogP contribution in [-0.4, -0.2) is 4.98 Å². The molecule has 2 aromatic carbocycles. The fourth-order valence-corrected chi connectivity index (χ4v) is 2.64. The number of thiazole rings is 1. The molecule has 6 heteroatoms. The zero-order valence-corrected chi connectivity index (χ0v) is 11.5. The average Bonchev–Trinajstić information content (AvgIpc) is 2.92. The van der Waals surface area contributed by atoms with Crippen LogP contribution in [0, 0.1) is 0 Å². The lowest BCUT2D eigenvalue weighted by Crippen LogP contribution is -2.04. The van der Waals surface area contributed by atoms with Crippen LogP contribution in [-0.2, 0) is 12.8 Å².